The van der Waals surface area contributed by atoms with Crippen LogP contribution in [0, 0.1) is 0 Å². The molecular weight excluding hydrogens is 204 g/mol. The molecule has 1 fully saturated rings. The topological polar surface area (TPSA) is 43.4 Å². The molecule has 1 saturated carbocycles. The van der Waals surface area contributed by atoms with E-state index in [2.05, 4.69) is 0 Å². The number of rotatable bonds is 2. The highest BCUT2D eigenvalue weighted by molar-refractivity contribution is 6.32. The van der Waals surface area contributed by atoms with Gasteiger partial charge in [-0.3, -0.25) is 9.59 Å². The zero-order chi connectivity index (χ0) is 10.7. The van der Waals surface area contributed by atoms with E-state index in [-0.39, 0.29) is 11.8 Å². The molecule has 0 aromatic rings. The van der Waals surface area contributed by atoms with E-state index in [1.807, 2.05) is 0 Å². The van der Waals surface area contributed by atoms with Gasteiger partial charge in [0.1, 0.15) is 6.10 Å². The van der Waals surface area contributed by atoms with Gasteiger partial charge in [0.25, 0.3) is 0 Å². The maximum absolute atomic E-state index is 11.3. The molecule has 0 bridgehead atoms. The van der Waals surface area contributed by atoms with Crippen molar-refractivity contribution in [2.45, 2.75) is 39.2 Å². The maximum atomic E-state index is 11.3. The van der Waals surface area contributed by atoms with Crippen LogP contribution in [0.2, 0.25) is 0 Å². The number of ether oxygens (including phenoxy) is 1. The van der Waals surface area contributed by atoms with E-state index < -0.39 is 6.10 Å². The standard InChI is InChI=1S/C10H13ClO3/c1-6(14-7(2)12)10(11)8-4-3-5-9(8)13/h6H,3-5H2,1-2H3/b10-8-. The van der Waals surface area contributed by atoms with Gasteiger partial charge in [-0.05, 0) is 19.8 Å². The molecular formula is C10H13ClO3. The molecule has 78 valence electrons. The summed E-state index contributed by atoms with van der Waals surface area (Å²) in [5.41, 5.74) is 0.625. The van der Waals surface area contributed by atoms with Crippen molar-refractivity contribution in [1.29, 1.82) is 0 Å². The molecule has 1 unspecified atom stereocenters. The summed E-state index contributed by atoms with van der Waals surface area (Å²) >= 11 is 5.96. The Morgan fingerprint density at radius 3 is 2.57 bits per heavy atom. The third-order valence-corrected chi connectivity index (χ3v) is 2.69. The predicted octanol–water partition coefficient (Wildman–Crippen LogP) is 2.18. The zero-order valence-corrected chi connectivity index (χ0v) is 9.06. The number of esters is 1. The summed E-state index contributed by atoms with van der Waals surface area (Å²) in [7, 11) is 0. The van der Waals surface area contributed by atoms with E-state index in [0.717, 1.165) is 6.42 Å². The number of halogens is 1. The Bertz CT molecular complexity index is 294. The second-order valence-corrected chi connectivity index (χ2v) is 3.76. The van der Waals surface area contributed by atoms with E-state index in [1.54, 1.807) is 6.92 Å². The van der Waals surface area contributed by atoms with E-state index in [1.165, 1.54) is 6.92 Å². The lowest BCUT2D eigenvalue weighted by Gasteiger charge is -2.12. The molecule has 0 heterocycles. The average Bonchev–Trinajstić information content (AvgIpc) is 2.48. The van der Waals surface area contributed by atoms with Gasteiger partial charge in [-0.25, -0.2) is 0 Å². The maximum Gasteiger partial charge on any atom is 0.303 e. The summed E-state index contributed by atoms with van der Waals surface area (Å²) in [4.78, 5) is 22.0. The molecule has 4 heteroatoms. The molecule has 0 aromatic carbocycles. The minimum Gasteiger partial charge on any atom is -0.457 e. The number of hydrogen-bond acceptors (Lipinski definition) is 3. The van der Waals surface area contributed by atoms with Crippen molar-refractivity contribution in [3.05, 3.63) is 10.6 Å². The van der Waals surface area contributed by atoms with Crippen molar-refractivity contribution in [2.75, 3.05) is 0 Å². The molecule has 0 aromatic heterocycles. The molecule has 1 atom stereocenters. The van der Waals surface area contributed by atoms with Crippen molar-refractivity contribution < 1.29 is 14.3 Å². The van der Waals surface area contributed by atoms with Crippen LogP contribution in [-0.2, 0) is 14.3 Å². The van der Waals surface area contributed by atoms with Gasteiger partial charge in [0, 0.05) is 18.9 Å². The quantitative estimate of drug-likeness (QED) is 0.525. The van der Waals surface area contributed by atoms with E-state index in [9.17, 15) is 9.59 Å². The van der Waals surface area contributed by atoms with Crippen LogP contribution in [0.1, 0.15) is 33.1 Å². The highest BCUT2D eigenvalue weighted by atomic mass is 35.5. The fourth-order valence-corrected chi connectivity index (χ4v) is 1.76. The average molecular weight is 217 g/mol. The van der Waals surface area contributed by atoms with Crippen molar-refractivity contribution in [3.63, 3.8) is 0 Å². The molecule has 1 rings (SSSR count). The summed E-state index contributed by atoms with van der Waals surface area (Å²) in [5.74, 6) is -0.310. The zero-order valence-electron chi connectivity index (χ0n) is 8.30. The van der Waals surface area contributed by atoms with Crippen molar-refractivity contribution in [2.24, 2.45) is 0 Å². The number of allylic oxidation sites excluding steroid dienone is 1. The van der Waals surface area contributed by atoms with E-state index in [4.69, 9.17) is 16.3 Å². The smallest absolute Gasteiger partial charge is 0.303 e. The lowest BCUT2D eigenvalue weighted by molar-refractivity contribution is -0.143. The Labute approximate surface area is 88.1 Å². The highest BCUT2D eigenvalue weighted by Crippen LogP contribution is 2.28. The Kier molecular flexibility index (Phi) is 3.69. The van der Waals surface area contributed by atoms with Crippen LogP contribution < -0.4 is 0 Å². The molecule has 1 aliphatic rings. The summed E-state index contributed by atoms with van der Waals surface area (Å²) < 4.78 is 4.89. The van der Waals surface area contributed by atoms with Crippen LogP contribution in [0.4, 0.5) is 0 Å². The molecule has 0 aliphatic heterocycles. The molecule has 0 N–H and O–H groups in total. The Balaban J connectivity index is 2.75. The lowest BCUT2D eigenvalue weighted by Crippen LogP contribution is -2.14. The first-order valence-electron chi connectivity index (χ1n) is 4.61. The first-order valence-corrected chi connectivity index (χ1v) is 4.99. The minimum absolute atomic E-state index is 0.0778. The molecule has 0 saturated heterocycles. The van der Waals surface area contributed by atoms with Gasteiger partial charge in [-0.2, -0.15) is 0 Å². The second-order valence-electron chi connectivity index (χ2n) is 3.35. The van der Waals surface area contributed by atoms with Crippen LogP contribution in [-0.4, -0.2) is 17.9 Å². The predicted molar refractivity (Wildman–Crippen MR) is 53.0 cm³/mol. The first-order chi connectivity index (χ1) is 6.52. The molecule has 0 amide bonds. The first kappa shape index (κ1) is 11.2. The van der Waals surface area contributed by atoms with Gasteiger partial charge in [0.2, 0.25) is 0 Å². The summed E-state index contributed by atoms with van der Waals surface area (Å²) in [6, 6.07) is 0. The van der Waals surface area contributed by atoms with Gasteiger partial charge in [0.15, 0.2) is 5.78 Å². The number of Topliss-reactive ketones (excluding diaryl/α,β-unsaturated/α-hetero) is 1. The normalized spacial score (nSPS) is 22.1. The monoisotopic (exact) mass is 216 g/mol. The van der Waals surface area contributed by atoms with Crippen molar-refractivity contribution in [3.8, 4) is 0 Å². The van der Waals surface area contributed by atoms with Gasteiger partial charge >= 0.3 is 5.97 Å². The molecule has 14 heavy (non-hydrogen) atoms. The Hall–Kier alpha value is -0.830. The SMILES string of the molecule is CC(=O)OC(C)/C(Cl)=C1\CCCC1=O. The lowest BCUT2D eigenvalue weighted by atomic mass is 10.1. The fourth-order valence-electron chi connectivity index (χ4n) is 1.51. The van der Waals surface area contributed by atoms with Crippen LogP contribution >= 0.6 is 11.6 Å². The van der Waals surface area contributed by atoms with Crippen molar-refractivity contribution >= 4 is 23.4 Å². The van der Waals surface area contributed by atoms with Gasteiger partial charge in [-0.15, -0.1) is 0 Å². The number of hydrogen-bond donors (Lipinski definition) is 0. The van der Waals surface area contributed by atoms with Crippen LogP contribution in [0.5, 0.6) is 0 Å². The van der Waals surface area contributed by atoms with Gasteiger partial charge in [-0.1, -0.05) is 11.6 Å². The van der Waals surface area contributed by atoms with Crippen molar-refractivity contribution in [1.82, 2.24) is 0 Å². The van der Waals surface area contributed by atoms with Gasteiger partial charge in [0.05, 0.1) is 5.03 Å². The summed E-state index contributed by atoms with van der Waals surface area (Å²) in [6.07, 6.45) is 1.59. The largest absolute Gasteiger partial charge is 0.457 e. The Morgan fingerprint density at radius 2 is 2.14 bits per heavy atom. The molecule has 0 spiro atoms. The second kappa shape index (κ2) is 4.60. The van der Waals surface area contributed by atoms with E-state index >= 15 is 0 Å². The van der Waals surface area contributed by atoms with Crippen LogP contribution in [0.15, 0.2) is 10.6 Å². The number of carbonyl (C=O) groups is 2. The summed E-state index contributed by atoms with van der Waals surface area (Å²) in [5, 5.41) is 0.378. The Morgan fingerprint density at radius 1 is 1.50 bits per heavy atom. The third kappa shape index (κ3) is 2.58. The number of ketones is 1. The molecule has 0 radical (unpaired) electrons. The third-order valence-electron chi connectivity index (χ3n) is 2.16. The number of carbonyl (C=O) groups excluding carboxylic acids is 2. The fraction of sp³-hybridized carbons (Fsp3) is 0.600. The van der Waals surface area contributed by atoms with Gasteiger partial charge < -0.3 is 4.74 Å². The highest BCUT2D eigenvalue weighted by Gasteiger charge is 2.24. The van der Waals surface area contributed by atoms with Crippen LogP contribution in [0.25, 0.3) is 0 Å². The van der Waals surface area contributed by atoms with Crippen LogP contribution in [0.3, 0.4) is 0 Å². The summed E-state index contributed by atoms with van der Waals surface area (Å²) in [6.45, 7) is 2.99. The minimum atomic E-state index is -0.508. The van der Waals surface area contributed by atoms with E-state index in [0.29, 0.717) is 23.4 Å². The molecule has 3 nitrogen and oxygen atoms in total. The molecule has 1 aliphatic carbocycles.